The Balaban J connectivity index is 2.04. The molecule has 122 valence electrons. The molecule has 0 bridgehead atoms. The largest absolute Gasteiger partial charge is 0.326 e. The maximum atomic E-state index is 13.2. The van der Waals surface area contributed by atoms with Gasteiger partial charge in [-0.25, -0.2) is 8.78 Å². The molecule has 2 aromatic carbocycles. The van der Waals surface area contributed by atoms with Crippen LogP contribution in [0, 0.1) is 11.6 Å². The van der Waals surface area contributed by atoms with Crippen LogP contribution in [-0.4, -0.2) is 5.91 Å². The number of benzene rings is 2. The first-order chi connectivity index (χ1) is 11.0. The predicted octanol–water partition coefficient (Wildman–Crippen LogP) is 4.66. The van der Waals surface area contributed by atoms with Crippen molar-refractivity contribution in [3.8, 4) is 0 Å². The summed E-state index contributed by atoms with van der Waals surface area (Å²) in [6.07, 6.45) is 2.28. The summed E-state index contributed by atoms with van der Waals surface area (Å²) >= 11 is 0. The van der Waals surface area contributed by atoms with Crippen LogP contribution in [0.5, 0.6) is 0 Å². The van der Waals surface area contributed by atoms with E-state index in [1.165, 1.54) is 6.07 Å². The molecule has 0 aliphatic carbocycles. The van der Waals surface area contributed by atoms with Crippen molar-refractivity contribution in [3.05, 3.63) is 64.7 Å². The number of anilines is 1. The van der Waals surface area contributed by atoms with Crippen LogP contribution in [0.25, 0.3) is 0 Å². The molecule has 0 aromatic heterocycles. The zero-order valence-electron chi connectivity index (χ0n) is 13.5. The highest BCUT2D eigenvalue weighted by Gasteiger charge is 2.11. The number of halogens is 2. The minimum atomic E-state index is -0.882. The van der Waals surface area contributed by atoms with Crippen molar-refractivity contribution in [2.75, 3.05) is 5.32 Å². The van der Waals surface area contributed by atoms with E-state index in [9.17, 15) is 13.6 Å². The standard InChI is InChI=1S/C19H21F2NO/c1-3-14-6-5-7-15(4-2)19(14)22-18(23)11-9-13-8-10-16(20)17(21)12-13/h5-8,10,12H,3-4,9,11H2,1-2H3,(H,22,23). The molecule has 23 heavy (non-hydrogen) atoms. The molecule has 0 unspecified atom stereocenters. The van der Waals surface area contributed by atoms with Crippen molar-refractivity contribution in [2.45, 2.75) is 39.5 Å². The molecular formula is C19H21F2NO. The number of aryl methyl sites for hydroxylation is 3. The Hall–Kier alpha value is -2.23. The summed E-state index contributed by atoms with van der Waals surface area (Å²) in [5.74, 6) is -1.87. The van der Waals surface area contributed by atoms with Gasteiger partial charge >= 0.3 is 0 Å². The summed E-state index contributed by atoms with van der Waals surface area (Å²) in [7, 11) is 0. The van der Waals surface area contributed by atoms with Gasteiger partial charge in [-0.15, -0.1) is 0 Å². The van der Waals surface area contributed by atoms with Crippen LogP contribution in [0.3, 0.4) is 0 Å². The van der Waals surface area contributed by atoms with E-state index in [0.29, 0.717) is 12.0 Å². The van der Waals surface area contributed by atoms with E-state index in [2.05, 4.69) is 5.32 Å². The predicted molar refractivity (Wildman–Crippen MR) is 88.5 cm³/mol. The van der Waals surface area contributed by atoms with E-state index < -0.39 is 11.6 Å². The third-order valence-corrected chi connectivity index (χ3v) is 3.89. The Bertz CT molecular complexity index is 676. The minimum Gasteiger partial charge on any atom is -0.326 e. The van der Waals surface area contributed by atoms with E-state index in [-0.39, 0.29) is 12.3 Å². The van der Waals surface area contributed by atoms with Crippen molar-refractivity contribution < 1.29 is 13.6 Å². The number of carbonyl (C=O) groups is 1. The summed E-state index contributed by atoms with van der Waals surface area (Å²) in [6, 6.07) is 9.73. The Morgan fingerprint density at radius 1 is 1.00 bits per heavy atom. The molecule has 2 rings (SSSR count). The number of amides is 1. The van der Waals surface area contributed by atoms with E-state index in [4.69, 9.17) is 0 Å². The van der Waals surface area contributed by atoms with Gasteiger partial charge in [0.25, 0.3) is 0 Å². The fourth-order valence-corrected chi connectivity index (χ4v) is 2.56. The molecular weight excluding hydrogens is 296 g/mol. The van der Waals surface area contributed by atoms with E-state index in [1.807, 2.05) is 32.0 Å². The lowest BCUT2D eigenvalue weighted by molar-refractivity contribution is -0.116. The molecule has 2 aromatic rings. The zero-order valence-corrected chi connectivity index (χ0v) is 13.5. The zero-order chi connectivity index (χ0) is 16.8. The molecule has 4 heteroatoms. The number of rotatable bonds is 6. The average molecular weight is 317 g/mol. The smallest absolute Gasteiger partial charge is 0.224 e. The summed E-state index contributed by atoms with van der Waals surface area (Å²) in [4.78, 5) is 12.2. The van der Waals surface area contributed by atoms with Crippen LogP contribution in [0.4, 0.5) is 14.5 Å². The Labute approximate surface area is 135 Å². The van der Waals surface area contributed by atoms with Gasteiger partial charge in [0, 0.05) is 12.1 Å². The summed E-state index contributed by atoms with van der Waals surface area (Å²) in [5, 5.41) is 2.97. The lowest BCUT2D eigenvalue weighted by Crippen LogP contribution is -2.15. The van der Waals surface area contributed by atoms with Crippen LogP contribution in [0.15, 0.2) is 36.4 Å². The second kappa shape index (κ2) is 7.86. The highest BCUT2D eigenvalue weighted by atomic mass is 19.2. The van der Waals surface area contributed by atoms with E-state index in [0.717, 1.165) is 41.8 Å². The molecule has 0 aliphatic heterocycles. The summed E-state index contributed by atoms with van der Waals surface area (Å²) in [6.45, 7) is 4.09. The topological polar surface area (TPSA) is 29.1 Å². The van der Waals surface area contributed by atoms with Crippen LogP contribution >= 0.6 is 0 Å². The first-order valence-electron chi connectivity index (χ1n) is 7.89. The Morgan fingerprint density at radius 2 is 1.65 bits per heavy atom. The van der Waals surface area contributed by atoms with Crippen LogP contribution in [0.1, 0.15) is 37.0 Å². The van der Waals surface area contributed by atoms with Crippen molar-refractivity contribution in [1.29, 1.82) is 0 Å². The number of hydrogen-bond donors (Lipinski definition) is 1. The van der Waals surface area contributed by atoms with E-state index >= 15 is 0 Å². The molecule has 2 nitrogen and oxygen atoms in total. The first kappa shape index (κ1) is 17.1. The normalized spacial score (nSPS) is 10.6. The van der Waals surface area contributed by atoms with E-state index in [1.54, 1.807) is 0 Å². The summed E-state index contributed by atoms with van der Waals surface area (Å²) in [5.41, 5.74) is 3.70. The fourth-order valence-electron chi connectivity index (χ4n) is 2.56. The highest BCUT2D eigenvalue weighted by molar-refractivity contribution is 5.92. The number of para-hydroxylation sites is 1. The van der Waals surface area contributed by atoms with Crippen molar-refractivity contribution in [3.63, 3.8) is 0 Å². The van der Waals surface area contributed by atoms with Gasteiger partial charge in [0.1, 0.15) is 0 Å². The molecule has 0 fully saturated rings. The maximum absolute atomic E-state index is 13.2. The molecule has 1 N–H and O–H groups in total. The van der Waals surface area contributed by atoms with Gasteiger partial charge in [0.2, 0.25) is 5.91 Å². The second-order valence-corrected chi connectivity index (χ2v) is 5.46. The molecule has 0 aliphatic rings. The first-order valence-corrected chi connectivity index (χ1v) is 7.89. The third-order valence-electron chi connectivity index (χ3n) is 3.89. The number of hydrogen-bond acceptors (Lipinski definition) is 1. The van der Waals surface area contributed by atoms with Gasteiger partial charge in [-0.2, -0.15) is 0 Å². The maximum Gasteiger partial charge on any atom is 0.224 e. The van der Waals surface area contributed by atoms with Gasteiger partial charge in [-0.3, -0.25) is 4.79 Å². The van der Waals surface area contributed by atoms with Gasteiger partial charge in [0.05, 0.1) is 0 Å². The molecule has 0 saturated carbocycles. The number of carbonyl (C=O) groups excluding carboxylic acids is 1. The van der Waals surface area contributed by atoms with Crippen LogP contribution < -0.4 is 5.32 Å². The SMILES string of the molecule is CCc1cccc(CC)c1NC(=O)CCc1ccc(F)c(F)c1. The highest BCUT2D eigenvalue weighted by Crippen LogP contribution is 2.23. The van der Waals surface area contributed by atoms with Gasteiger partial charge < -0.3 is 5.32 Å². The summed E-state index contributed by atoms with van der Waals surface area (Å²) < 4.78 is 26.1. The van der Waals surface area contributed by atoms with Gasteiger partial charge in [-0.05, 0) is 48.1 Å². The molecule has 0 atom stereocenters. The molecule has 0 heterocycles. The van der Waals surface area contributed by atoms with Crippen LogP contribution in [-0.2, 0) is 24.1 Å². The Morgan fingerprint density at radius 3 is 2.22 bits per heavy atom. The molecule has 0 radical (unpaired) electrons. The van der Waals surface area contributed by atoms with Crippen molar-refractivity contribution >= 4 is 11.6 Å². The molecule has 0 spiro atoms. The van der Waals surface area contributed by atoms with Crippen LogP contribution in [0.2, 0.25) is 0 Å². The monoisotopic (exact) mass is 317 g/mol. The quantitative estimate of drug-likeness (QED) is 0.825. The molecule has 1 amide bonds. The van der Waals surface area contributed by atoms with Gasteiger partial charge in [0.15, 0.2) is 11.6 Å². The Kier molecular flexibility index (Phi) is 5.85. The second-order valence-electron chi connectivity index (χ2n) is 5.46. The lowest BCUT2D eigenvalue weighted by Gasteiger charge is -2.14. The molecule has 0 saturated heterocycles. The lowest BCUT2D eigenvalue weighted by atomic mass is 10.0. The van der Waals surface area contributed by atoms with Gasteiger partial charge in [-0.1, -0.05) is 38.1 Å². The number of nitrogens with one attached hydrogen (secondary N) is 1. The third kappa shape index (κ3) is 4.38. The van der Waals surface area contributed by atoms with Crippen molar-refractivity contribution in [1.82, 2.24) is 0 Å². The fraction of sp³-hybridized carbons (Fsp3) is 0.316. The van der Waals surface area contributed by atoms with Crippen molar-refractivity contribution in [2.24, 2.45) is 0 Å². The minimum absolute atomic E-state index is 0.120. The average Bonchev–Trinajstić information content (AvgIpc) is 2.56.